The van der Waals surface area contributed by atoms with Crippen LogP contribution in [0.2, 0.25) is 0 Å². The number of aliphatic carboxylic acids is 1. The molecule has 0 saturated heterocycles. The fraction of sp³-hybridized carbons (Fsp3) is 0.457. The lowest BCUT2D eigenvalue weighted by molar-refractivity contribution is -0.142. The number of carboxylic acids is 1. The van der Waals surface area contributed by atoms with Crippen LogP contribution in [-0.4, -0.2) is 60.2 Å². The van der Waals surface area contributed by atoms with Crippen LogP contribution in [0.3, 0.4) is 0 Å². The van der Waals surface area contributed by atoms with Gasteiger partial charge in [0.1, 0.15) is 12.1 Å². The minimum absolute atomic E-state index is 0.0786. The van der Waals surface area contributed by atoms with E-state index in [9.17, 15) is 23.7 Å². The van der Waals surface area contributed by atoms with Crippen molar-refractivity contribution in [1.29, 1.82) is 0 Å². The smallest absolute Gasteiger partial charge is 0.326 e. The van der Waals surface area contributed by atoms with Gasteiger partial charge in [-0.3, -0.25) is 13.8 Å². The fourth-order valence-electron chi connectivity index (χ4n) is 6.49. The van der Waals surface area contributed by atoms with E-state index in [1.54, 1.807) is 6.20 Å². The Hall–Kier alpha value is -3.92. The van der Waals surface area contributed by atoms with Gasteiger partial charge in [-0.2, -0.15) is 0 Å². The van der Waals surface area contributed by atoms with Crippen molar-refractivity contribution in [3.63, 3.8) is 0 Å². The molecular weight excluding hydrogens is 588 g/mol. The summed E-state index contributed by atoms with van der Waals surface area (Å²) in [5.41, 5.74) is 3.40. The molecule has 2 aromatic heterocycles. The number of rotatable bonds is 14. The average molecular weight is 633 g/mol. The molecule has 2 heterocycles. The number of hydrogen-bond acceptors (Lipinski definition) is 4. The number of carbonyl (C=O) groups excluding carboxylic acids is 2. The first-order chi connectivity index (χ1) is 21.7. The summed E-state index contributed by atoms with van der Waals surface area (Å²) in [6.45, 7) is 4.06. The molecule has 2 amide bonds. The SMILES string of the molecule is CC(C)CC(CS(=O)C1CCCCC1)C(=O)NC(Cc1c[nH]c2ccccc12)C(=O)NC(Cc1c[nH]c2ccccc12)C(=O)O. The second kappa shape index (κ2) is 14.9. The van der Waals surface area contributed by atoms with Gasteiger partial charge in [0.2, 0.25) is 11.8 Å². The molecule has 1 fully saturated rings. The van der Waals surface area contributed by atoms with Gasteiger partial charge in [0.25, 0.3) is 0 Å². The van der Waals surface area contributed by atoms with E-state index >= 15 is 0 Å². The summed E-state index contributed by atoms with van der Waals surface area (Å²) in [4.78, 5) is 46.5. The Bertz CT molecular complexity index is 1650. The van der Waals surface area contributed by atoms with Gasteiger partial charge in [0.05, 0.1) is 0 Å². The van der Waals surface area contributed by atoms with E-state index in [0.29, 0.717) is 6.42 Å². The van der Waals surface area contributed by atoms with Crippen molar-refractivity contribution in [2.75, 3.05) is 5.75 Å². The van der Waals surface area contributed by atoms with Gasteiger partial charge < -0.3 is 25.7 Å². The predicted octanol–water partition coefficient (Wildman–Crippen LogP) is 5.23. The van der Waals surface area contributed by atoms with Gasteiger partial charge in [0.15, 0.2) is 0 Å². The average Bonchev–Trinajstić information content (AvgIpc) is 3.64. The molecule has 4 atom stereocenters. The first kappa shape index (κ1) is 32.5. The molecule has 10 heteroatoms. The lowest BCUT2D eigenvalue weighted by Crippen LogP contribution is -2.54. The Kier molecular flexibility index (Phi) is 10.8. The third kappa shape index (κ3) is 8.22. The number of carboxylic acid groups (broad SMARTS) is 1. The number of H-pyrrole nitrogens is 2. The van der Waals surface area contributed by atoms with E-state index < -0.39 is 40.7 Å². The van der Waals surface area contributed by atoms with Crippen molar-refractivity contribution in [3.8, 4) is 0 Å². The van der Waals surface area contributed by atoms with Crippen LogP contribution in [0.25, 0.3) is 21.8 Å². The van der Waals surface area contributed by atoms with Gasteiger partial charge in [-0.05, 0) is 48.4 Å². The molecule has 4 aromatic rings. The van der Waals surface area contributed by atoms with Gasteiger partial charge in [0, 0.05) is 74.8 Å². The molecule has 240 valence electrons. The highest BCUT2D eigenvalue weighted by molar-refractivity contribution is 7.85. The minimum Gasteiger partial charge on any atom is -0.480 e. The van der Waals surface area contributed by atoms with Crippen LogP contribution in [0, 0.1) is 11.8 Å². The molecule has 0 radical (unpaired) electrons. The maximum absolute atomic E-state index is 13.9. The highest BCUT2D eigenvalue weighted by Gasteiger charge is 2.32. The number of hydrogen-bond donors (Lipinski definition) is 5. The number of amides is 2. The van der Waals surface area contributed by atoms with Crippen LogP contribution >= 0.6 is 0 Å². The maximum atomic E-state index is 13.9. The molecule has 1 aliphatic rings. The summed E-state index contributed by atoms with van der Waals surface area (Å²) < 4.78 is 13.4. The Morgan fingerprint density at radius 1 is 0.822 bits per heavy atom. The summed E-state index contributed by atoms with van der Waals surface area (Å²) in [7, 11) is -1.14. The van der Waals surface area contributed by atoms with Crippen molar-refractivity contribution in [2.24, 2.45) is 11.8 Å². The fourth-order valence-corrected chi connectivity index (χ4v) is 8.31. The van der Waals surface area contributed by atoms with Gasteiger partial charge in [-0.15, -0.1) is 0 Å². The van der Waals surface area contributed by atoms with E-state index in [4.69, 9.17) is 0 Å². The first-order valence-electron chi connectivity index (χ1n) is 16.0. The standard InChI is InChI=1S/C35H44N4O5S/c1-22(2)16-25(21-45(44)26-10-4-3-5-11-26)33(40)38-31(17-23-19-36-29-14-8-6-12-27(23)29)34(41)39-32(35(42)43)18-24-20-37-30-15-9-7-13-28(24)30/h6-9,12-15,19-20,22,25-26,31-32,36-37H,3-5,10-11,16-18,21H2,1-2H3,(H,38,40)(H,39,41)(H,42,43). The molecule has 1 aliphatic carbocycles. The zero-order valence-corrected chi connectivity index (χ0v) is 26.8. The zero-order valence-electron chi connectivity index (χ0n) is 26.0. The third-order valence-corrected chi connectivity index (χ3v) is 10.8. The number of nitrogens with one attached hydrogen (secondary N) is 4. The highest BCUT2D eigenvalue weighted by Crippen LogP contribution is 2.25. The Morgan fingerprint density at radius 3 is 1.91 bits per heavy atom. The van der Waals surface area contributed by atoms with Crippen molar-refractivity contribution >= 4 is 50.4 Å². The molecule has 4 unspecified atom stereocenters. The Morgan fingerprint density at radius 2 is 1.36 bits per heavy atom. The van der Waals surface area contributed by atoms with Gasteiger partial charge in [-0.25, -0.2) is 4.79 Å². The van der Waals surface area contributed by atoms with Crippen LogP contribution in [-0.2, 0) is 38.0 Å². The third-order valence-electron chi connectivity index (χ3n) is 8.86. The van der Waals surface area contributed by atoms with Crippen molar-refractivity contribution in [1.82, 2.24) is 20.6 Å². The summed E-state index contributed by atoms with van der Waals surface area (Å²) in [5.74, 6) is -2.13. The highest BCUT2D eigenvalue weighted by atomic mass is 32.2. The lowest BCUT2D eigenvalue weighted by Gasteiger charge is -2.27. The summed E-state index contributed by atoms with van der Waals surface area (Å²) in [6.07, 6.45) is 9.50. The van der Waals surface area contributed by atoms with E-state index in [-0.39, 0.29) is 35.7 Å². The monoisotopic (exact) mass is 632 g/mol. The molecule has 0 aliphatic heterocycles. The van der Waals surface area contributed by atoms with Crippen LogP contribution in [0.15, 0.2) is 60.9 Å². The van der Waals surface area contributed by atoms with Crippen molar-refractivity contribution in [2.45, 2.75) is 82.5 Å². The predicted molar refractivity (Wildman–Crippen MR) is 178 cm³/mol. The Balaban J connectivity index is 1.37. The molecule has 2 aromatic carbocycles. The summed E-state index contributed by atoms with van der Waals surface area (Å²) in [6, 6.07) is 13.1. The normalized spacial score (nSPS) is 16.8. The molecule has 45 heavy (non-hydrogen) atoms. The topological polar surface area (TPSA) is 144 Å². The second-order valence-corrected chi connectivity index (χ2v) is 14.5. The molecule has 0 bridgehead atoms. The number of benzene rings is 2. The lowest BCUT2D eigenvalue weighted by atomic mass is 9.96. The molecule has 9 nitrogen and oxygen atoms in total. The molecule has 0 spiro atoms. The van der Waals surface area contributed by atoms with E-state index in [1.165, 1.54) is 0 Å². The number of aromatic nitrogens is 2. The Labute approximate surface area is 266 Å². The zero-order chi connectivity index (χ0) is 31.9. The first-order valence-corrected chi connectivity index (χ1v) is 17.4. The molecule has 5 N–H and O–H groups in total. The number of aromatic amines is 2. The largest absolute Gasteiger partial charge is 0.480 e. The molecule has 1 saturated carbocycles. The summed E-state index contributed by atoms with van der Waals surface area (Å²) in [5, 5.41) is 17.7. The van der Waals surface area contributed by atoms with Crippen LogP contribution < -0.4 is 10.6 Å². The van der Waals surface area contributed by atoms with Gasteiger partial charge in [-0.1, -0.05) is 69.5 Å². The van der Waals surface area contributed by atoms with Crippen LogP contribution in [0.5, 0.6) is 0 Å². The summed E-state index contributed by atoms with van der Waals surface area (Å²) >= 11 is 0. The van der Waals surface area contributed by atoms with E-state index in [0.717, 1.165) is 65.0 Å². The van der Waals surface area contributed by atoms with Crippen LogP contribution in [0.1, 0.15) is 63.5 Å². The van der Waals surface area contributed by atoms with E-state index in [1.807, 2.05) is 68.6 Å². The quantitative estimate of drug-likeness (QED) is 0.129. The second-order valence-electron chi connectivity index (χ2n) is 12.7. The number of fused-ring (bicyclic) bond motifs is 2. The molecular formula is C35H44N4O5S. The van der Waals surface area contributed by atoms with Crippen molar-refractivity contribution < 1.29 is 23.7 Å². The number of para-hydroxylation sites is 2. The molecule has 5 rings (SSSR count). The van der Waals surface area contributed by atoms with Crippen LogP contribution in [0.4, 0.5) is 0 Å². The van der Waals surface area contributed by atoms with Gasteiger partial charge >= 0.3 is 5.97 Å². The van der Waals surface area contributed by atoms with E-state index in [2.05, 4.69) is 20.6 Å². The number of carbonyl (C=O) groups is 3. The minimum atomic E-state index is -1.20. The maximum Gasteiger partial charge on any atom is 0.326 e. The van der Waals surface area contributed by atoms with Crippen molar-refractivity contribution in [3.05, 3.63) is 72.1 Å².